The summed E-state index contributed by atoms with van der Waals surface area (Å²) in [7, 11) is 0. The predicted octanol–water partition coefficient (Wildman–Crippen LogP) is 3.78. The molecule has 0 fully saturated rings. The Morgan fingerprint density at radius 3 is 2.46 bits per heavy atom. The van der Waals surface area contributed by atoms with Crippen LogP contribution in [0, 0.1) is 0 Å². The lowest BCUT2D eigenvalue weighted by atomic mass is 10.0. The molecule has 0 bridgehead atoms. The second-order valence-electron chi connectivity index (χ2n) is 6.29. The normalized spacial score (nSPS) is 11.8. The van der Waals surface area contributed by atoms with E-state index in [1.165, 1.54) is 18.7 Å². The first-order valence-electron chi connectivity index (χ1n) is 8.96. The van der Waals surface area contributed by atoms with E-state index in [2.05, 4.69) is 15.5 Å². The number of carbonyl (C=O) groups excluding carboxylic acids is 2. The van der Waals surface area contributed by atoms with E-state index in [-0.39, 0.29) is 16.9 Å². The highest BCUT2D eigenvalue weighted by molar-refractivity contribution is 8.00. The van der Waals surface area contributed by atoms with Gasteiger partial charge in [-0.1, -0.05) is 54.2 Å². The zero-order valence-electron chi connectivity index (χ0n) is 15.7. The number of carbonyl (C=O) groups is 2. The number of rotatable bonds is 8. The van der Waals surface area contributed by atoms with Gasteiger partial charge in [0.05, 0.1) is 5.25 Å². The molecule has 1 unspecified atom stereocenters. The Labute approximate surface area is 167 Å². The number of benzene rings is 2. The maximum absolute atomic E-state index is 12.7. The van der Waals surface area contributed by atoms with Gasteiger partial charge in [-0.3, -0.25) is 9.59 Å². The molecule has 0 saturated carbocycles. The highest BCUT2D eigenvalue weighted by atomic mass is 32.2. The molecule has 0 aliphatic rings. The van der Waals surface area contributed by atoms with Gasteiger partial charge in [-0.15, -0.1) is 10.2 Å². The van der Waals surface area contributed by atoms with Gasteiger partial charge in [0, 0.05) is 24.6 Å². The number of thioether (sulfide) groups is 1. The van der Waals surface area contributed by atoms with Gasteiger partial charge in [-0.25, -0.2) is 0 Å². The summed E-state index contributed by atoms with van der Waals surface area (Å²) in [6.45, 7) is 3.90. The van der Waals surface area contributed by atoms with Crippen LogP contribution in [-0.4, -0.2) is 33.7 Å². The minimum absolute atomic E-state index is 0.00197. The molecule has 0 aliphatic carbocycles. The molecule has 2 aromatic carbocycles. The molecule has 0 aliphatic heterocycles. The van der Waals surface area contributed by atoms with Gasteiger partial charge in [0.1, 0.15) is 0 Å². The molecule has 3 rings (SSSR count). The van der Waals surface area contributed by atoms with Crippen LogP contribution in [0.2, 0.25) is 0 Å². The van der Waals surface area contributed by atoms with Crippen LogP contribution in [0.3, 0.4) is 0 Å². The van der Waals surface area contributed by atoms with Crippen molar-refractivity contribution in [1.82, 2.24) is 15.5 Å². The number of hydrogen-bond acceptors (Lipinski definition) is 6. The van der Waals surface area contributed by atoms with Gasteiger partial charge in [0.25, 0.3) is 5.22 Å². The summed E-state index contributed by atoms with van der Waals surface area (Å²) in [5.41, 5.74) is 2.54. The quantitative estimate of drug-likeness (QED) is 0.461. The summed E-state index contributed by atoms with van der Waals surface area (Å²) >= 11 is 1.25. The van der Waals surface area contributed by atoms with Crippen molar-refractivity contribution in [3.63, 3.8) is 0 Å². The van der Waals surface area contributed by atoms with Crippen LogP contribution in [-0.2, 0) is 11.2 Å². The van der Waals surface area contributed by atoms with Gasteiger partial charge >= 0.3 is 0 Å². The Morgan fingerprint density at radius 1 is 1.07 bits per heavy atom. The maximum atomic E-state index is 12.7. The molecule has 1 heterocycles. The van der Waals surface area contributed by atoms with Crippen molar-refractivity contribution in [2.75, 3.05) is 6.54 Å². The Hall–Kier alpha value is -2.93. The molecule has 6 nitrogen and oxygen atoms in total. The first-order chi connectivity index (χ1) is 13.5. The highest BCUT2D eigenvalue weighted by Crippen LogP contribution is 2.27. The lowest BCUT2D eigenvalue weighted by molar-refractivity contribution is -0.118. The summed E-state index contributed by atoms with van der Waals surface area (Å²) < 4.78 is 5.66. The van der Waals surface area contributed by atoms with Crippen molar-refractivity contribution in [2.24, 2.45) is 0 Å². The first kappa shape index (κ1) is 19.8. The monoisotopic (exact) mass is 395 g/mol. The Morgan fingerprint density at radius 2 is 1.79 bits per heavy atom. The average Bonchev–Trinajstić information content (AvgIpc) is 3.17. The van der Waals surface area contributed by atoms with Crippen LogP contribution < -0.4 is 5.32 Å². The lowest BCUT2D eigenvalue weighted by Crippen LogP contribution is -2.22. The minimum Gasteiger partial charge on any atom is -0.411 e. The van der Waals surface area contributed by atoms with E-state index in [1.807, 2.05) is 61.5 Å². The van der Waals surface area contributed by atoms with Crippen LogP contribution in [0.1, 0.15) is 29.8 Å². The van der Waals surface area contributed by atoms with Gasteiger partial charge in [0.15, 0.2) is 5.78 Å². The molecule has 1 atom stereocenters. The third kappa shape index (κ3) is 5.29. The van der Waals surface area contributed by atoms with Gasteiger partial charge in [-0.05, 0) is 31.0 Å². The van der Waals surface area contributed by atoms with E-state index >= 15 is 0 Å². The fraction of sp³-hybridized carbons (Fsp3) is 0.238. The van der Waals surface area contributed by atoms with E-state index in [9.17, 15) is 9.59 Å². The van der Waals surface area contributed by atoms with Crippen LogP contribution in [0.25, 0.3) is 11.5 Å². The third-order valence-electron chi connectivity index (χ3n) is 4.10. The van der Waals surface area contributed by atoms with Gasteiger partial charge in [-0.2, -0.15) is 0 Å². The summed E-state index contributed by atoms with van der Waals surface area (Å²) in [5, 5.41) is 10.8. The Kier molecular flexibility index (Phi) is 6.60. The zero-order chi connectivity index (χ0) is 19.9. The molecule has 1 N–H and O–H groups in total. The van der Waals surface area contributed by atoms with E-state index in [1.54, 1.807) is 0 Å². The van der Waals surface area contributed by atoms with E-state index in [4.69, 9.17) is 4.42 Å². The molecular weight excluding hydrogens is 374 g/mol. The lowest BCUT2D eigenvalue weighted by Gasteiger charge is -2.08. The number of nitrogens with one attached hydrogen (secondary N) is 1. The predicted molar refractivity (Wildman–Crippen MR) is 108 cm³/mol. The molecular formula is C21H21N3O3S. The van der Waals surface area contributed by atoms with E-state index < -0.39 is 0 Å². The number of ketones is 1. The molecule has 0 radical (unpaired) electrons. The zero-order valence-corrected chi connectivity index (χ0v) is 16.5. The van der Waals surface area contributed by atoms with Crippen molar-refractivity contribution in [3.8, 4) is 11.5 Å². The summed E-state index contributed by atoms with van der Waals surface area (Å²) in [5.74, 6) is 0.387. The second-order valence-corrected chi connectivity index (χ2v) is 7.59. The van der Waals surface area contributed by atoms with E-state index in [0.29, 0.717) is 23.2 Å². The van der Waals surface area contributed by atoms with Crippen LogP contribution in [0.15, 0.2) is 64.2 Å². The van der Waals surface area contributed by atoms with Gasteiger partial charge in [0.2, 0.25) is 11.8 Å². The molecule has 0 saturated heterocycles. The minimum atomic E-state index is -0.352. The number of Topliss-reactive ketones (excluding diaryl/α,β-unsaturated/α-hetero) is 1. The largest absolute Gasteiger partial charge is 0.411 e. The topological polar surface area (TPSA) is 85.1 Å². The van der Waals surface area contributed by atoms with Crippen LogP contribution in [0.4, 0.5) is 0 Å². The van der Waals surface area contributed by atoms with E-state index in [0.717, 1.165) is 17.5 Å². The molecule has 28 heavy (non-hydrogen) atoms. The fourth-order valence-electron chi connectivity index (χ4n) is 2.61. The number of aromatic nitrogens is 2. The second kappa shape index (κ2) is 9.32. The van der Waals surface area contributed by atoms with Gasteiger partial charge < -0.3 is 9.73 Å². The number of nitrogens with zero attached hydrogens (tertiary/aromatic N) is 2. The summed E-state index contributed by atoms with van der Waals surface area (Å²) in [6.07, 6.45) is 0.725. The fourth-order valence-corrected chi connectivity index (χ4v) is 3.37. The highest BCUT2D eigenvalue weighted by Gasteiger charge is 2.20. The standard InChI is InChI=1S/C21H21N3O3S/c1-14(28-21-24-23-20(27-21)18-6-4-3-5-7-18)19(26)17-10-8-16(9-11-17)12-13-22-15(2)25/h3-11,14H,12-13H2,1-2H3,(H,22,25). The Balaban J connectivity index is 1.58. The first-order valence-corrected chi connectivity index (χ1v) is 9.84. The molecule has 0 spiro atoms. The number of hydrogen-bond donors (Lipinski definition) is 1. The summed E-state index contributed by atoms with van der Waals surface area (Å²) in [4.78, 5) is 23.6. The van der Waals surface area contributed by atoms with Crippen molar-refractivity contribution in [3.05, 3.63) is 65.7 Å². The van der Waals surface area contributed by atoms with Crippen molar-refractivity contribution in [1.29, 1.82) is 0 Å². The third-order valence-corrected chi connectivity index (χ3v) is 5.03. The molecule has 144 valence electrons. The smallest absolute Gasteiger partial charge is 0.277 e. The maximum Gasteiger partial charge on any atom is 0.277 e. The molecule has 3 aromatic rings. The molecule has 1 aromatic heterocycles. The van der Waals surface area contributed by atoms with Crippen LogP contribution >= 0.6 is 11.8 Å². The average molecular weight is 395 g/mol. The molecule has 7 heteroatoms. The SMILES string of the molecule is CC(=O)NCCc1ccc(C(=O)C(C)Sc2nnc(-c3ccccc3)o2)cc1. The van der Waals surface area contributed by atoms with Crippen molar-refractivity contribution in [2.45, 2.75) is 30.7 Å². The summed E-state index contributed by atoms with van der Waals surface area (Å²) in [6, 6.07) is 16.9. The van der Waals surface area contributed by atoms with Crippen molar-refractivity contribution < 1.29 is 14.0 Å². The van der Waals surface area contributed by atoms with Crippen LogP contribution in [0.5, 0.6) is 0 Å². The number of amides is 1. The van der Waals surface area contributed by atoms with Crippen molar-refractivity contribution >= 4 is 23.5 Å². The molecule has 1 amide bonds. The Bertz CT molecular complexity index is 939.